The van der Waals surface area contributed by atoms with E-state index in [1.54, 1.807) is 10.9 Å². The molecule has 2 saturated heterocycles. The van der Waals surface area contributed by atoms with Gasteiger partial charge in [-0.3, -0.25) is 5.32 Å². The summed E-state index contributed by atoms with van der Waals surface area (Å²) in [5.41, 5.74) is 0.690. The Hall–Kier alpha value is -3.41. The van der Waals surface area contributed by atoms with Crippen LogP contribution in [0.4, 0.5) is 10.5 Å². The number of benzene rings is 2. The van der Waals surface area contributed by atoms with Crippen molar-refractivity contribution in [1.82, 2.24) is 20.2 Å². The van der Waals surface area contributed by atoms with E-state index >= 15 is 0 Å². The van der Waals surface area contributed by atoms with Crippen molar-refractivity contribution in [2.24, 2.45) is 0 Å². The number of amides is 1. The molecule has 2 aliphatic rings. The lowest BCUT2D eigenvalue weighted by Crippen LogP contribution is -2.35. The first-order valence-electron chi connectivity index (χ1n) is 10.9. The molecule has 1 N–H and O–H groups in total. The fourth-order valence-corrected chi connectivity index (χ4v) is 5.22. The van der Waals surface area contributed by atoms with Gasteiger partial charge in [0.15, 0.2) is 6.10 Å². The average Bonchev–Trinajstić information content (AvgIpc) is 3.64. The highest BCUT2D eigenvalue weighted by molar-refractivity contribution is 7.98. The average molecular weight is 480 g/mol. The molecule has 4 atom stereocenters. The van der Waals surface area contributed by atoms with E-state index in [2.05, 4.69) is 20.8 Å². The van der Waals surface area contributed by atoms with Crippen molar-refractivity contribution >= 4 is 34.3 Å². The molecule has 4 heterocycles. The molecule has 0 unspecified atom stereocenters. The molecule has 34 heavy (non-hydrogen) atoms. The first kappa shape index (κ1) is 21.1. The van der Waals surface area contributed by atoms with Crippen molar-refractivity contribution in [3.8, 4) is 0 Å². The highest BCUT2D eigenvalue weighted by Gasteiger charge is 2.51. The third-order valence-corrected chi connectivity index (χ3v) is 6.92. The first-order chi connectivity index (χ1) is 16.8. The molecule has 2 fully saturated rings. The molecule has 0 radical (unpaired) electrons. The molecule has 2 aromatic carbocycles. The molecule has 10 nitrogen and oxygen atoms in total. The molecule has 2 aliphatic heterocycles. The topological polar surface area (TPSA) is 114 Å². The van der Waals surface area contributed by atoms with Crippen molar-refractivity contribution in [2.75, 3.05) is 18.5 Å². The number of anilines is 1. The predicted octanol–water partition coefficient (Wildman–Crippen LogP) is 3.67. The quantitative estimate of drug-likeness (QED) is 0.414. The van der Waals surface area contributed by atoms with Gasteiger partial charge in [0.1, 0.15) is 24.0 Å². The molecule has 11 heteroatoms. The van der Waals surface area contributed by atoms with Crippen LogP contribution in [-0.2, 0) is 20.0 Å². The van der Waals surface area contributed by atoms with Crippen LogP contribution in [-0.4, -0.2) is 57.8 Å². The van der Waals surface area contributed by atoms with Gasteiger partial charge in [0, 0.05) is 5.39 Å². The number of fused-ring (bicyclic) bond motifs is 2. The van der Waals surface area contributed by atoms with Crippen LogP contribution in [0.5, 0.6) is 0 Å². The molecule has 1 amide bonds. The fourth-order valence-electron chi connectivity index (χ4n) is 4.39. The van der Waals surface area contributed by atoms with E-state index in [0.717, 1.165) is 16.5 Å². The SMILES string of the molecule is O=C(Nc1cccc2ccccc12)O[C@@H]1CO[C@H]2[C@@H]1OC[C@@H]2n1nnnc1SCc1ccco1. The Morgan fingerprint density at radius 1 is 1.09 bits per heavy atom. The number of carbonyl (C=O) groups is 1. The number of nitrogens with zero attached hydrogens (tertiary/aromatic N) is 4. The standard InChI is InChI=1S/C23H21N5O5S/c29-23(24-17-9-3-6-14-5-1-2-8-16(14)17)33-19-12-32-20-18(11-31-21(19)20)28-22(25-26-27-28)34-13-15-7-4-10-30-15/h1-10,18-21H,11-13H2,(H,24,29)/t18-,19+,20+,21+/m0/s1. The van der Waals surface area contributed by atoms with Gasteiger partial charge in [0.05, 0.1) is 30.9 Å². The Morgan fingerprint density at radius 3 is 2.88 bits per heavy atom. The minimum Gasteiger partial charge on any atom is -0.468 e. The Morgan fingerprint density at radius 2 is 1.97 bits per heavy atom. The van der Waals surface area contributed by atoms with Gasteiger partial charge in [-0.1, -0.05) is 48.2 Å². The number of ether oxygens (including phenoxy) is 3. The highest BCUT2D eigenvalue weighted by atomic mass is 32.2. The van der Waals surface area contributed by atoms with Crippen LogP contribution >= 0.6 is 11.8 Å². The molecule has 0 aliphatic carbocycles. The van der Waals surface area contributed by atoms with Gasteiger partial charge >= 0.3 is 6.09 Å². The zero-order valence-electron chi connectivity index (χ0n) is 17.9. The van der Waals surface area contributed by atoms with Crippen LogP contribution < -0.4 is 5.32 Å². The number of rotatable bonds is 6. The van der Waals surface area contributed by atoms with E-state index in [1.165, 1.54) is 11.8 Å². The van der Waals surface area contributed by atoms with Gasteiger partial charge < -0.3 is 18.6 Å². The second kappa shape index (κ2) is 9.09. The molecule has 2 aromatic heterocycles. The van der Waals surface area contributed by atoms with Gasteiger partial charge in [0.25, 0.3) is 0 Å². The van der Waals surface area contributed by atoms with E-state index in [4.69, 9.17) is 18.6 Å². The summed E-state index contributed by atoms with van der Waals surface area (Å²) < 4.78 is 24.7. The van der Waals surface area contributed by atoms with Crippen LogP contribution in [0.15, 0.2) is 70.4 Å². The van der Waals surface area contributed by atoms with Crippen LogP contribution in [0, 0.1) is 0 Å². The van der Waals surface area contributed by atoms with Gasteiger partial charge in [-0.25, -0.2) is 9.48 Å². The minimum atomic E-state index is -0.547. The number of aromatic nitrogens is 4. The Balaban J connectivity index is 1.10. The number of carbonyl (C=O) groups excluding carboxylic acids is 1. The number of furan rings is 1. The van der Waals surface area contributed by atoms with E-state index in [0.29, 0.717) is 23.2 Å². The third-order valence-electron chi connectivity index (χ3n) is 5.97. The molecular formula is C23H21N5O5S. The lowest BCUT2D eigenvalue weighted by Gasteiger charge is -2.18. The van der Waals surface area contributed by atoms with E-state index < -0.39 is 18.3 Å². The molecule has 0 saturated carbocycles. The predicted molar refractivity (Wildman–Crippen MR) is 122 cm³/mol. The van der Waals surface area contributed by atoms with E-state index in [-0.39, 0.29) is 18.8 Å². The van der Waals surface area contributed by atoms with Crippen LogP contribution in [0.1, 0.15) is 11.8 Å². The van der Waals surface area contributed by atoms with Crippen LogP contribution in [0.25, 0.3) is 10.8 Å². The summed E-state index contributed by atoms with van der Waals surface area (Å²) in [5.74, 6) is 1.44. The van der Waals surface area contributed by atoms with Crippen molar-refractivity contribution in [1.29, 1.82) is 0 Å². The largest absolute Gasteiger partial charge is 0.468 e. The van der Waals surface area contributed by atoms with E-state index in [1.807, 2.05) is 54.6 Å². The van der Waals surface area contributed by atoms with Crippen molar-refractivity contribution in [3.05, 3.63) is 66.6 Å². The summed E-state index contributed by atoms with van der Waals surface area (Å²) in [5, 5.41) is 17.6. The maximum Gasteiger partial charge on any atom is 0.412 e. The van der Waals surface area contributed by atoms with E-state index in [9.17, 15) is 4.79 Å². The van der Waals surface area contributed by atoms with Crippen molar-refractivity contribution in [2.45, 2.75) is 35.3 Å². The maximum absolute atomic E-state index is 12.7. The highest BCUT2D eigenvalue weighted by Crippen LogP contribution is 2.37. The number of thioether (sulfide) groups is 1. The second-order valence-electron chi connectivity index (χ2n) is 8.03. The van der Waals surface area contributed by atoms with Crippen molar-refractivity contribution in [3.63, 3.8) is 0 Å². The summed E-state index contributed by atoms with van der Waals surface area (Å²) in [7, 11) is 0. The van der Waals surface area contributed by atoms with Crippen LogP contribution in [0.2, 0.25) is 0 Å². The summed E-state index contributed by atoms with van der Waals surface area (Å²) in [4.78, 5) is 12.7. The lowest BCUT2D eigenvalue weighted by atomic mass is 10.1. The lowest BCUT2D eigenvalue weighted by molar-refractivity contribution is 0.00752. The summed E-state index contributed by atoms with van der Waals surface area (Å²) in [6.45, 7) is 0.602. The Bertz CT molecular complexity index is 1290. The molecule has 0 bridgehead atoms. The molecular weight excluding hydrogens is 458 g/mol. The zero-order chi connectivity index (χ0) is 22.9. The van der Waals surface area contributed by atoms with Gasteiger partial charge in [-0.2, -0.15) is 0 Å². The molecule has 174 valence electrons. The minimum absolute atomic E-state index is 0.214. The van der Waals surface area contributed by atoms with Gasteiger partial charge in [-0.15, -0.1) is 5.10 Å². The zero-order valence-corrected chi connectivity index (χ0v) is 18.8. The van der Waals surface area contributed by atoms with Gasteiger partial charge in [0.2, 0.25) is 5.16 Å². The number of tetrazole rings is 1. The molecule has 6 rings (SSSR count). The van der Waals surface area contributed by atoms with Crippen molar-refractivity contribution < 1.29 is 23.4 Å². The second-order valence-corrected chi connectivity index (χ2v) is 8.98. The number of nitrogens with one attached hydrogen (secondary N) is 1. The summed E-state index contributed by atoms with van der Waals surface area (Å²) in [6.07, 6.45) is -0.148. The third kappa shape index (κ3) is 4.02. The fraction of sp³-hybridized carbons (Fsp3) is 0.304. The summed E-state index contributed by atoms with van der Waals surface area (Å²) in [6, 6.07) is 17.1. The maximum atomic E-state index is 12.7. The van der Waals surface area contributed by atoms with Gasteiger partial charge in [-0.05, 0) is 34.0 Å². The molecule has 0 spiro atoms. The normalized spacial score (nSPS) is 23.8. The number of hydrogen-bond acceptors (Lipinski definition) is 9. The Labute approximate surface area is 198 Å². The smallest absolute Gasteiger partial charge is 0.412 e. The Kier molecular flexibility index (Phi) is 5.65. The summed E-state index contributed by atoms with van der Waals surface area (Å²) >= 11 is 1.47. The molecule has 4 aromatic rings. The first-order valence-corrected chi connectivity index (χ1v) is 11.9. The van der Waals surface area contributed by atoms with Crippen LogP contribution in [0.3, 0.4) is 0 Å². The monoisotopic (exact) mass is 479 g/mol. The number of hydrogen-bond donors (Lipinski definition) is 1.